The number of hydrogen-bond acceptors (Lipinski definition) is 3. The van der Waals surface area contributed by atoms with Crippen LogP contribution in [0.15, 0.2) is 36.4 Å². The minimum Gasteiger partial charge on any atom is -0.493 e. The first-order valence-electron chi connectivity index (χ1n) is 7.87. The first kappa shape index (κ1) is 16.7. The molecule has 0 aliphatic carbocycles. The first-order valence-corrected chi connectivity index (χ1v) is 8.25. The zero-order valence-corrected chi connectivity index (χ0v) is 14.6. The molecule has 3 rings (SSSR count). The van der Waals surface area contributed by atoms with E-state index < -0.39 is 0 Å². The van der Waals surface area contributed by atoms with E-state index in [0.717, 1.165) is 23.3 Å². The second-order valence-electron chi connectivity index (χ2n) is 5.81. The van der Waals surface area contributed by atoms with Crippen molar-refractivity contribution in [3.8, 4) is 11.5 Å². The smallest absolute Gasteiger partial charge is 0.227 e. The quantitative estimate of drug-likeness (QED) is 0.851. The third kappa shape index (κ3) is 3.34. The highest BCUT2D eigenvalue weighted by Gasteiger charge is 2.23. The van der Waals surface area contributed by atoms with Gasteiger partial charge in [-0.15, -0.1) is 0 Å². The Balaban J connectivity index is 1.77. The van der Waals surface area contributed by atoms with E-state index in [1.165, 1.54) is 5.56 Å². The van der Waals surface area contributed by atoms with Crippen LogP contribution in [0.2, 0.25) is 5.02 Å². The summed E-state index contributed by atoms with van der Waals surface area (Å²) in [5.74, 6) is 1.51. The fourth-order valence-electron chi connectivity index (χ4n) is 3.01. The van der Waals surface area contributed by atoms with Crippen LogP contribution >= 0.6 is 11.6 Å². The molecule has 0 atom stereocenters. The van der Waals surface area contributed by atoms with E-state index in [4.69, 9.17) is 21.1 Å². The summed E-state index contributed by atoms with van der Waals surface area (Å²) in [5, 5.41) is 0.634. The van der Waals surface area contributed by atoms with Gasteiger partial charge in [0.05, 0.1) is 20.6 Å². The molecule has 1 amide bonds. The van der Waals surface area contributed by atoms with Crippen LogP contribution in [0.25, 0.3) is 0 Å². The number of amides is 1. The molecule has 0 N–H and O–H groups in total. The van der Waals surface area contributed by atoms with Crippen molar-refractivity contribution >= 4 is 17.5 Å². The van der Waals surface area contributed by atoms with Crippen molar-refractivity contribution in [3.05, 3.63) is 58.1 Å². The zero-order chi connectivity index (χ0) is 17.1. The molecular formula is C19H20ClNO3. The minimum atomic E-state index is 0.0866. The van der Waals surface area contributed by atoms with Gasteiger partial charge in [0.15, 0.2) is 11.5 Å². The van der Waals surface area contributed by atoms with E-state index in [9.17, 15) is 4.79 Å². The van der Waals surface area contributed by atoms with Gasteiger partial charge in [-0.3, -0.25) is 4.79 Å². The van der Waals surface area contributed by atoms with Gasteiger partial charge in [0, 0.05) is 18.1 Å². The fraction of sp³-hybridized carbons (Fsp3) is 0.316. The first-order chi connectivity index (χ1) is 11.6. The summed E-state index contributed by atoms with van der Waals surface area (Å²) in [4.78, 5) is 14.5. The summed E-state index contributed by atoms with van der Waals surface area (Å²) in [6, 6.07) is 11.4. The van der Waals surface area contributed by atoms with Gasteiger partial charge >= 0.3 is 0 Å². The van der Waals surface area contributed by atoms with Crippen molar-refractivity contribution < 1.29 is 14.3 Å². The largest absolute Gasteiger partial charge is 0.493 e. The normalized spacial score (nSPS) is 13.4. The summed E-state index contributed by atoms with van der Waals surface area (Å²) in [7, 11) is 3.25. The molecule has 24 heavy (non-hydrogen) atoms. The summed E-state index contributed by atoms with van der Waals surface area (Å²) in [5.41, 5.74) is 3.17. The predicted octanol–water partition coefficient (Wildman–Crippen LogP) is 3.48. The molecule has 0 aromatic heterocycles. The van der Waals surface area contributed by atoms with Gasteiger partial charge in [-0.2, -0.15) is 0 Å². The van der Waals surface area contributed by atoms with Gasteiger partial charge in [-0.1, -0.05) is 29.8 Å². The van der Waals surface area contributed by atoms with E-state index in [1.54, 1.807) is 14.2 Å². The van der Waals surface area contributed by atoms with E-state index in [-0.39, 0.29) is 5.91 Å². The van der Waals surface area contributed by atoms with Crippen LogP contribution in [0.1, 0.15) is 16.7 Å². The molecule has 126 valence electrons. The molecule has 0 fully saturated rings. The molecule has 0 spiro atoms. The molecule has 2 aromatic carbocycles. The van der Waals surface area contributed by atoms with Crippen LogP contribution in [0.3, 0.4) is 0 Å². The molecule has 0 saturated heterocycles. The van der Waals surface area contributed by atoms with Gasteiger partial charge in [0.2, 0.25) is 5.91 Å². The lowest BCUT2D eigenvalue weighted by Gasteiger charge is -2.30. The lowest BCUT2D eigenvalue weighted by atomic mass is 9.98. The van der Waals surface area contributed by atoms with E-state index in [0.29, 0.717) is 30.3 Å². The van der Waals surface area contributed by atoms with E-state index >= 15 is 0 Å². The topological polar surface area (TPSA) is 38.8 Å². The van der Waals surface area contributed by atoms with Crippen LogP contribution in [0.4, 0.5) is 0 Å². The number of carbonyl (C=O) groups excluding carboxylic acids is 1. The number of nitrogens with zero attached hydrogens (tertiary/aromatic N) is 1. The lowest BCUT2D eigenvalue weighted by molar-refractivity contribution is -0.131. The highest BCUT2D eigenvalue weighted by atomic mass is 35.5. The third-order valence-electron chi connectivity index (χ3n) is 4.37. The minimum absolute atomic E-state index is 0.0866. The van der Waals surface area contributed by atoms with Gasteiger partial charge in [-0.25, -0.2) is 0 Å². The second kappa shape index (κ2) is 7.14. The Bertz CT molecular complexity index is 760. The van der Waals surface area contributed by atoms with Crippen molar-refractivity contribution in [2.75, 3.05) is 20.8 Å². The van der Waals surface area contributed by atoms with Crippen molar-refractivity contribution in [2.24, 2.45) is 0 Å². The Kier molecular flexibility index (Phi) is 4.95. The monoisotopic (exact) mass is 345 g/mol. The molecule has 1 aliphatic heterocycles. The van der Waals surface area contributed by atoms with Crippen LogP contribution in [0.5, 0.6) is 11.5 Å². The maximum Gasteiger partial charge on any atom is 0.227 e. The average Bonchev–Trinajstić information content (AvgIpc) is 2.61. The summed E-state index contributed by atoms with van der Waals surface area (Å²) in [6.07, 6.45) is 1.13. The number of benzene rings is 2. The van der Waals surface area contributed by atoms with Crippen LogP contribution in [-0.4, -0.2) is 31.6 Å². The molecule has 0 unspecified atom stereocenters. The standard InChI is InChI=1S/C19H20ClNO3/c1-23-17-9-13-7-8-21(12-15(13)10-18(17)24-2)19(22)11-14-5-3-4-6-16(14)20/h3-6,9-10H,7-8,11-12H2,1-2H3. The third-order valence-corrected chi connectivity index (χ3v) is 4.74. The summed E-state index contributed by atoms with van der Waals surface area (Å²) >= 11 is 6.16. The lowest BCUT2D eigenvalue weighted by Crippen LogP contribution is -2.37. The SMILES string of the molecule is COc1cc2c(cc1OC)CN(C(=O)Cc1ccccc1Cl)CC2. The highest BCUT2D eigenvalue weighted by Crippen LogP contribution is 2.33. The molecule has 5 heteroatoms. The number of rotatable bonds is 4. The van der Waals surface area contributed by atoms with Crippen molar-refractivity contribution in [1.82, 2.24) is 4.90 Å². The number of hydrogen-bond donors (Lipinski definition) is 0. The Hall–Kier alpha value is -2.20. The second-order valence-corrected chi connectivity index (χ2v) is 6.22. The average molecular weight is 346 g/mol. The molecule has 4 nitrogen and oxygen atoms in total. The van der Waals surface area contributed by atoms with Crippen LogP contribution in [-0.2, 0) is 24.2 Å². The maximum atomic E-state index is 12.6. The van der Waals surface area contributed by atoms with Crippen LogP contribution in [0, 0.1) is 0 Å². The molecule has 1 aliphatic rings. The van der Waals surface area contributed by atoms with E-state index in [1.807, 2.05) is 41.3 Å². The predicted molar refractivity (Wildman–Crippen MR) is 93.8 cm³/mol. The van der Waals surface area contributed by atoms with Gasteiger partial charge < -0.3 is 14.4 Å². The number of halogens is 1. The Morgan fingerprint density at radius 3 is 2.46 bits per heavy atom. The van der Waals surface area contributed by atoms with Gasteiger partial charge in [0.25, 0.3) is 0 Å². The Morgan fingerprint density at radius 2 is 1.79 bits per heavy atom. The molecule has 0 radical (unpaired) electrons. The number of fused-ring (bicyclic) bond motifs is 1. The molecule has 1 heterocycles. The Labute approximate surface area is 146 Å². The molecule has 2 aromatic rings. The number of ether oxygens (including phenoxy) is 2. The van der Waals surface area contributed by atoms with Crippen LogP contribution < -0.4 is 9.47 Å². The van der Waals surface area contributed by atoms with Crippen molar-refractivity contribution in [3.63, 3.8) is 0 Å². The van der Waals surface area contributed by atoms with Crippen molar-refractivity contribution in [1.29, 1.82) is 0 Å². The van der Waals surface area contributed by atoms with Crippen molar-refractivity contribution in [2.45, 2.75) is 19.4 Å². The summed E-state index contributed by atoms with van der Waals surface area (Å²) in [6.45, 7) is 1.28. The maximum absolute atomic E-state index is 12.6. The molecular weight excluding hydrogens is 326 g/mol. The fourth-order valence-corrected chi connectivity index (χ4v) is 3.22. The number of carbonyl (C=O) groups is 1. The highest BCUT2D eigenvalue weighted by molar-refractivity contribution is 6.31. The van der Waals surface area contributed by atoms with Gasteiger partial charge in [0.1, 0.15) is 0 Å². The van der Waals surface area contributed by atoms with E-state index in [2.05, 4.69) is 0 Å². The molecule has 0 saturated carbocycles. The number of methoxy groups -OCH3 is 2. The Morgan fingerprint density at radius 1 is 1.12 bits per heavy atom. The summed E-state index contributed by atoms with van der Waals surface area (Å²) < 4.78 is 10.7. The zero-order valence-electron chi connectivity index (χ0n) is 13.8. The van der Waals surface area contributed by atoms with Gasteiger partial charge in [-0.05, 0) is 41.3 Å². The molecule has 0 bridgehead atoms.